The molecule has 2 aliphatic heterocycles. The van der Waals surface area contributed by atoms with Gasteiger partial charge in [-0.1, -0.05) is 36.4 Å². The molecule has 1 saturated heterocycles. The van der Waals surface area contributed by atoms with Crippen molar-refractivity contribution in [3.8, 4) is 0 Å². The Morgan fingerprint density at radius 2 is 1.79 bits per heavy atom. The minimum atomic E-state index is -1.06. The highest BCUT2D eigenvalue weighted by atomic mass is 19.1. The average molecular weight is 450 g/mol. The lowest BCUT2D eigenvalue weighted by molar-refractivity contribution is -0.129. The van der Waals surface area contributed by atoms with Gasteiger partial charge in [-0.15, -0.1) is 0 Å². The van der Waals surface area contributed by atoms with Gasteiger partial charge in [0.1, 0.15) is 11.4 Å². The van der Waals surface area contributed by atoms with Crippen molar-refractivity contribution in [1.29, 1.82) is 0 Å². The van der Waals surface area contributed by atoms with Crippen molar-refractivity contribution in [3.63, 3.8) is 0 Å². The number of Topliss-reactive ketones (excluding diaryl/α,β-unsaturated/α-hetero) is 1. The number of para-hydroxylation sites is 1. The van der Waals surface area contributed by atoms with Gasteiger partial charge in [0.2, 0.25) is 5.78 Å². The number of nitrogens with zero attached hydrogens (tertiary/aromatic N) is 2. The number of carbonyl (C=O) groups excluding carboxylic acids is 2. The highest BCUT2D eigenvalue weighted by molar-refractivity contribution is 6.16. The first kappa shape index (κ1) is 21.4. The fraction of sp³-hybridized carbons (Fsp3) is 0.280. The van der Waals surface area contributed by atoms with Crippen molar-refractivity contribution in [2.75, 3.05) is 39.4 Å². The van der Waals surface area contributed by atoms with E-state index >= 15 is 0 Å². The van der Waals surface area contributed by atoms with Crippen LogP contribution < -0.4 is 0 Å². The second-order valence-corrected chi connectivity index (χ2v) is 8.12. The summed E-state index contributed by atoms with van der Waals surface area (Å²) in [6.45, 7) is 3.37. The van der Waals surface area contributed by atoms with Crippen LogP contribution in [-0.2, 0) is 9.53 Å². The second-order valence-electron chi connectivity index (χ2n) is 8.12. The van der Waals surface area contributed by atoms with Crippen LogP contribution in [0.5, 0.6) is 0 Å². The SMILES string of the molecule is O=C(C1=C(O)C(=O)N(CCN2CCOCC2)[C@H]1c1ccccc1F)c1cc2ccccc2o1. The van der Waals surface area contributed by atoms with Gasteiger partial charge in [0.05, 0.1) is 24.8 Å². The number of ether oxygens (including phenoxy) is 1. The van der Waals surface area contributed by atoms with E-state index in [1.165, 1.54) is 23.1 Å². The summed E-state index contributed by atoms with van der Waals surface area (Å²) in [5.74, 6) is -2.58. The monoisotopic (exact) mass is 450 g/mol. The smallest absolute Gasteiger partial charge is 0.290 e. The minimum Gasteiger partial charge on any atom is -0.503 e. The number of furan rings is 1. The molecular weight excluding hydrogens is 427 g/mol. The van der Waals surface area contributed by atoms with E-state index in [0.29, 0.717) is 25.3 Å². The Kier molecular flexibility index (Phi) is 5.70. The lowest BCUT2D eigenvalue weighted by atomic mass is 9.94. The summed E-state index contributed by atoms with van der Waals surface area (Å²) in [7, 11) is 0. The maximum absolute atomic E-state index is 14.9. The molecular formula is C25H23FN2O5. The molecule has 0 spiro atoms. The molecule has 170 valence electrons. The van der Waals surface area contributed by atoms with E-state index in [1.54, 1.807) is 30.3 Å². The topological polar surface area (TPSA) is 83.2 Å². The van der Waals surface area contributed by atoms with Crippen LogP contribution in [0.15, 0.2) is 70.3 Å². The number of benzene rings is 2. The molecule has 33 heavy (non-hydrogen) atoms. The normalized spacial score (nSPS) is 19.6. The van der Waals surface area contributed by atoms with E-state index in [2.05, 4.69) is 4.90 Å². The molecule has 0 unspecified atom stereocenters. The van der Waals surface area contributed by atoms with Crippen molar-refractivity contribution in [1.82, 2.24) is 9.80 Å². The third-order valence-corrected chi connectivity index (χ3v) is 6.16. The van der Waals surface area contributed by atoms with E-state index in [0.717, 1.165) is 18.5 Å². The molecule has 0 bridgehead atoms. The van der Waals surface area contributed by atoms with Crippen LogP contribution in [0, 0.1) is 5.82 Å². The summed E-state index contributed by atoms with van der Waals surface area (Å²) in [5, 5.41) is 11.5. The molecule has 1 atom stereocenters. The van der Waals surface area contributed by atoms with E-state index in [1.807, 2.05) is 6.07 Å². The molecule has 3 aromatic rings. The first-order valence-corrected chi connectivity index (χ1v) is 10.9. The quantitative estimate of drug-likeness (QED) is 0.579. The number of fused-ring (bicyclic) bond motifs is 1. The van der Waals surface area contributed by atoms with Crippen molar-refractivity contribution in [2.24, 2.45) is 0 Å². The van der Waals surface area contributed by atoms with Gasteiger partial charge >= 0.3 is 0 Å². The van der Waals surface area contributed by atoms with Crippen LogP contribution in [0.3, 0.4) is 0 Å². The summed E-state index contributed by atoms with van der Waals surface area (Å²) in [6.07, 6.45) is 0. The summed E-state index contributed by atoms with van der Waals surface area (Å²) < 4.78 is 25.9. The van der Waals surface area contributed by atoms with E-state index < -0.39 is 29.3 Å². The number of aliphatic hydroxyl groups excluding tert-OH is 1. The van der Waals surface area contributed by atoms with Crippen molar-refractivity contribution >= 4 is 22.7 Å². The number of halogens is 1. The number of hydrogen-bond acceptors (Lipinski definition) is 6. The fourth-order valence-electron chi connectivity index (χ4n) is 4.44. The summed E-state index contributed by atoms with van der Waals surface area (Å²) >= 11 is 0. The minimum absolute atomic E-state index is 0.0121. The number of amides is 1. The Morgan fingerprint density at radius 3 is 2.55 bits per heavy atom. The van der Waals surface area contributed by atoms with Crippen molar-refractivity contribution in [2.45, 2.75) is 6.04 Å². The van der Waals surface area contributed by atoms with Crippen molar-refractivity contribution < 1.29 is 28.2 Å². The van der Waals surface area contributed by atoms with Gasteiger partial charge in [-0.3, -0.25) is 14.5 Å². The van der Waals surface area contributed by atoms with Crippen molar-refractivity contribution in [3.05, 3.63) is 83.1 Å². The van der Waals surface area contributed by atoms with Gasteiger partial charge in [0.15, 0.2) is 11.5 Å². The molecule has 0 radical (unpaired) electrons. The molecule has 1 amide bonds. The zero-order valence-corrected chi connectivity index (χ0v) is 17.9. The predicted octanol–water partition coefficient (Wildman–Crippen LogP) is 3.48. The van der Waals surface area contributed by atoms with Crippen LogP contribution in [-0.4, -0.2) is 66.0 Å². The lowest BCUT2D eigenvalue weighted by Crippen LogP contribution is -2.43. The zero-order valence-electron chi connectivity index (χ0n) is 17.9. The highest BCUT2D eigenvalue weighted by Gasteiger charge is 2.45. The Labute approximate surface area is 189 Å². The maximum atomic E-state index is 14.9. The van der Waals surface area contributed by atoms with Gasteiger partial charge in [-0.2, -0.15) is 0 Å². The number of ketones is 1. The zero-order chi connectivity index (χ0) is 22.9. The highest BCUT2D eigenvalue weighted by Crippen LogP contribution is 2.40. The number of rotatable bonds is 6. The fourth-order valence-corrected chi connectivity index (χ4v) is 4.44. The van der Waals surface area contributed by atoms with E-state index in [-0.39, 0.29) is 23.4 Å². The van der Waals surface area contributed by atoms with Gasteiger partial charge in [0, 0.05) is 37.1 Å². The molecule has 5 rings (SSSR count). The first-order valence-electron chi connectivity index (χ1n) is 10.9. The molecule has 1 aromatic heterocycles. The third kappa shape index (κ3) is 3.92. The van der Waals surface area contributed by atoms with Gasteiger partial charge in [0.25, 0.3) is 5.91 Å². The van der Waals surface area contributed by atoms with Crippen LogP contribution in [0.2, 0.25) is 0 Å². The van der Waals surface area contributed by atoms with E-state index in [4.69, 9.17) is 9.15 Å². The van der Waals surface area contributed by atoms with Crippen LogP contribution in [0.25, 0.3) is 11.0 Å². The summed E-state index contributed by atoms with van der Waals surface area (Å²) in [5.41, 5.74) is 0.486. The third-order valence-electron chi connectivity index (χ3n) is 6.16. The number of aliphatic hydroxyl groups is 1. The Bertz CT molecular complexity index is 1210. The molecule has 2 aromatic carbocycles. The predicted molar refractivity (Wildman–Crippen MR) is 118 cm³/mol. The van der Waals surface area contributed by atoms with Gasteiger partial charge < -0.3 is 19.2 Å². The second kappa shape index (κ2) is 8.80. The van der Waals surface area contributed by atoms with E-state index in [9.17, 15) is 19.1 Å². The molecule has 3 heterocycles. The lowest BCUT2D eigenvalue weighted by Gasteiger charge is -2.31. The number of carbonyl (C=O) groups is 2. The molecule has 1 fully saturated rings. The molecule has 0 saturated carbocycles. The molecule has 0 aliphatic carbocycles. The largest absolute Gasteiger partial charge is 0.503 e. The number of hydrogen-bond donors (Lipinski definition) is 1. The summed E-state index contributed by atoms with van der Waals surface area (Å²) in [4.78, 5) is 30.0. The first-order chi connectivity index (χ1) is 16.0. The van der Waals surface area contributed by atoms with Crippen LogP contribution in [0.4, 0.5) is 4.39 Å². The van der Waals surface area contributed by atoms with Gasteiger partial charge in [-0.05, 0) is 18.2 Å². The Morgan fingerprint density at radius 1 is 1.06 bits per heavy atom. The Balaban J connectivity index is 1.52. The summed E-state index contributed by atoms with van der Waals surface area (Å²) in [6, 6.07) is 13.6. The van der Waals surface area contributed by atoms with Gasteiger partial charge in [-0.25, -0.2) is 4.39 Å². The maximum Gasteiger partial charge on any atom is 0.290 e. The van der Waals surface area contributed by atoms with Crippen LogP contribution in [0.1, 0.15) is 22.2 Å². The molecule has 1 N–H and O–H groups in total. The standard InChI is InChI=1S/C25H23FN2O5/c26-18-7-3-2-6-17(18)22-21(23(29)20-15-16-5-1-4-8-19(16)33-20)24(30)25(31)28(22)10-9-27-11-13-32-14-12-27/h1-8,15,22,30H,9-14H2/t22-/m0/s1. The average Bonchev–Trinajstić information content (AvgIpc) is 3.38. The number of morpholine rings is 1. The molecule has 8 heteroatoms. The molecule has 7 nitrogen and oxygen atoms in total. The van der Waals surface area contributed by atoms with Crippen LogP contribution >= 0.6 is 0 Å². The Hall–Kier alpha value is -3.49. The molecule has 2 aliphatic rings.